The molecule has 0 radical (unpaired) electrons. The summed E-state index contributed by atoms with van der Waals surface area (Å²) in [5, 5.41) is 3.54. The molecule has 4 nitrogen and oxygen atoms in total. The first-order valence-corrected chi connectivity index (χ1v) is 8.48. The molecule has 3 N–H and O–H groups in total. The molecule has 0 aliphatic carbocycles. The zero-order valence-electron chi connectivity index (χ0n) is 14.4. The van der Waals surface area contributed by atoms with E-state index in [-0.39, 0.29) is 18.3 Å². The summed E-state index contributed by atoms with van der Waals surface area (Å²) in [5.41, 5.74) is 8.68. The Bertz CT molecular complexity index is 665. The van der Waals surface area contributed by atoms with E-state index < -0.39 is 0 Å². The van der Waals surface area contributed by atoms with Crippen LogP contribution in [0.4, 0.5) is 5.69 Å². The Morgan fingerprint density at radius 3 is 2.56 bits per heavy atom. The first kappa shape index (κ1) is 21.5. The SMILES string of the molecule is Cc1ccc(Cl)cc1NC(=O)CN(CCN)CCc1ccccc1.Cl. The first-order valence-electron chi connectivity index (χ1n) is 8.11. The van der Waals surface area contributed by atoms with Gasteiger partial charge in [-0.3, -0.25) is 9.69 Å². The monoisotopic (exact) mass is 381 g/mol. The Balaban J connectivity index is 0.00000312. The van der Waals surface area contributed by atoms with E-state index in [2.05, 4.69) is 22.3 Å². The fourth-order valence-electron chi connectivity index (χ4n) is 2.51. The summed E-state index contributed by atoms with van der Waals surface area (Å²) < 4.78 is 0. The van der Waals surface area contributed by atoms with Crippen molar-refractivity contribution in [3.8, 4) is 0 Å². The molecule has 0 spiro atoms. The second-order valence-electron chi connectivity index (χ2n) is 5.81. The molecule has 0 aliphatic heterocycles. The lowest BCUT2D eigenvalue weighted by molar-refractivity contribution is -0.117. The van der Waals surface area contributed by atoms with Gasteiger partial charge < -0.3 is 11.1 Å². The molecular formula is C19H25Cl2N3O. The number of hydrogen-bond acceptors (Lipinski definition) is 3. The van der Waals surface area contributed by atoms with Gasteiger partial charge in [0.1, 0.15) is 0 Å². The van der Waals surface area contributed by atoms with E-state index in [1.165, 1.54) is 5.56 Å². The van der Waals surface area contributed by atoms with Crippen molar-refractivity contribution < 1.29 is 4.79 Å². The van der Waals surface area contributed by atoms with Crippen molar-refractivity contribution in [3.05, 3.63) is 64.7 Å². The minimum absolute atomic E-state index is 0. The third-order valence-corrected chi connectivity index (χ3v) is 4.08. The minimum atomic E-state index is -0.0538. The summed E-state index contributed by atoms with van der Waals surface area (Å²) >= 11 is 6.00. The molecule has 0 unspecified atom stereocenters. The molecule has 2 aromatic rings. The largest absolute Gasteiger partial charge is 0.329 e. The fraction of sp³-hybridized carbons (Fsp3) is 0.316. The molecule has 0 bridgehead atoms. The van der Waals surface area contributed by atoms with Crippen molar-refractivity contribution in [2.45, 2.75) is 13.3 Å². The highest BCUT2D eigenvalue weighted by Gasteiger charge is 2.11. The van der Waals surface area contributed by atoms with Crippen molar-refractivity contribution in [1.29, 1.82) is 0 Å². The van der Waals surface area contributed by atoms with Gasteiger partial charge >= 0.3 is 0 Å². The molecule has 0 saturated heterocycles. The number of rotatable bonds is 8. The molecule has 6 heteroatoms. The average Bonchev–Trinajstić information content (AvgIpc) is 2.57. The topological polar surface area (TPSA) is 58.4 Å². The maximum Gasteiger partial charge on any atom is 0.238 e. The van der Waals surface area contributed by atoms with Gasteiger partial charge in [-0.15, -0.1) is 12.4 Å². The number of hydrogen-bond donors (Lipinski definition) is 2. The number of carbonyl (C=O) groups is 1. The van der Waals surface area contributed by atoms with Gasteiger partial charge in [-0.2, -0.15) is 0 Å². The van der Waals surface area contributed by atoms with Gasteiger partial charge in [0.25, 0.3) is 0 Å². The van der Waals surface area contributed by atoms with Gasteiger partial charge in [0.15, 0.2) is 0 Å². The second-order valence-corrected chi connectivity index (χ2v) is 6.24. The number of halogens is 2. The van der Waals surface area contributed by atoms with Crippen molar-refractivity contribution in [2.75, 3.05) is 31.5 Å². The molecule has 0 atom stereocenters. The Morgan fingerprint density at radius 1 is 1.16 bits per heavy atom. The van der Waals surface area contributed by atoms with Crippen LogP contribution in [-0.2, 0) is 11.2 Å². The third-order valence-electron chi connectivity index (χ3n) is 3.85. The predicted molar refractivity (Wildman–Crippen MR) is 108 cm³/mol. The third kappa shape index (κ3) is 7.45. The van der Waals surface area contributed by atoms with Crippen molar-refractivity contribution >= 4 is 35.6 Å². The minimum Gasteiger partial charge on any atom is -0.329 e. The van der Waals surface area contributed by atoms with Crippen molar-refractivity contribution in [1.82, 2.24) is 4.90 Å². The summed E-state index contributed by atoms with van der Waals surface area (Å²) in [6, 6.07) is 15.7. The number of nitrogens with zero attached hydrogens (tertiary/aromatic N) is 1. The highest BCUT2D eigenvalue weighted by molar-refractivity contribution is 6.31. The summed E-state index contributed by atoms with van der Waals surface area (Å²) in [7, 11) is 0. The van der Waals surface area contributed by atoms with E-state index in [1.54, 1.807) is 6.07 Å². The Labute approximate surface area is 160 Å². The lowest BCUT2D eigenvalue weighted by Gasteiger charge is -2.21. The molecule has 25 heavy (non-hydrogen) atoms. The highest BCUT2D eigenvalue weighted by Crippen LogP contribution is 2.20. The molecule has 0 aliphatic rings. The number of benzene rings is 2. The molecule has 0 heterocycles. The summed E-state index contributed by atoms with van der Waals surface area (Å²) in [6.07, 6.45) is 0.893. The smallest absolute Gasteiger partial charge is 0.238 e. The van der Waals surface area contributed by atoms with Crippen LogP contribution in [0.15, 0.2) is 48.5 Å². The van der Waals surface area contributed by atoms with Crippen LogP contribution in [0.1, 0.15) is 11.1 Å². The van der Waals surface area contributed by atoms with E-state index >= 15 is 0 Å². The van der Waals surface area contributed by atoms with Gasteiger partial charge in [0, 0.05) is 30.3 Å². The summed E-state index contributed by atoms with van der Waals surface area (Å²) in [4.78, 5) is 14.4. The highest BCUT2D eigenvalue weighted by atomic mass is 35.5. The molecule has 0 fully saturated rings. The number of aryl methyl sites for hydroxylation is 1. The summed E-state index contributed by atoms with van der Waals surface area (Å²) in [6.45, 7) is 4.27. The Morgan fingerprint density at radius 2 is 1.88 bits per heavy atom. The van der Waals surface area contributed by atoms with E-state index in [0.717, 1.165) is 24.2 Å². The standard InChI is InChI=1S/C19H24ClN3O.ClH/c1-15-7-8-17(20)13-18(15)22-19(24)14-23(12-10-21)11-9-16-5-3-2-4-6-16;/h2-8,13H,9-12,14,21H2,1H3,(H,22,24);1H. The number of nitrogens with one attached hydrogen (secondary N) is 1. The van der Waals surface area contributed by atoms with Crippen LogP contribution in [0.5, 0.6) is 0 Å². The first-order chi connectivity index (χ1) is 11.6. The van der Waals surface area contributed by atoms with E-state index in [0.29, 0.717) is 24.7 Å². The molecule has 2 rings (SSSR count). The summed E-state index contributed by atoms with van der Waals surface area (Å²) in [5.74, 6) is -0.0538. The zero-order chi connectivity index (χ0) is 17.4. The van der Waals surface area contributed by atoms with E-state index in [9.17, 15) is 4.79 Å². The maximum absolute atomic E-state index is 12.3. The average molecular weight is 382 g/mol. The van der Waals surface area contributed by atoms with Crippen LogP contribution in [0.3, 0.4) is 0 Å². The molecule has 0 aromatic heterocycles. The van der Waals surface area contributed by atoms with Crippen LogP contribution in [0.2, 0.25) is 5.02 Å². The normalized spacial score (nSPS) is 10.4. The maximum atomic E-state index is 12.3. The van der Waals surface area contributed by atoms with E-state index in [4.69, 9.17) is 17.3 Å². The number of anilines is 1. The fourth-order valence-corrected chi connectivity index (χ4v) is 2.68. The van der Waals surface area contributed by atoms with Gasteiger partial charge in [0.2, 0.25) is 5.91 Å². The quantitative estimate of drug-likeness (QED) is 0.735. The van der Waals surface area contributed by atoms with Crippen molar-refractivity contribution in [2.24, 2.45) is 5.73 Å². The molecule has 2 aromatic carbocycles. The van der Waals surface area contributed by atoms with Crippen LogP contribution in [0.25, 0.3) is 0 Å². The van der Waals surface area contributed by atoms with Crippen LogP contribution in [0, 0.1) is 6.92 Å². The second kappa shape index (κ2) is 11.1. The van der Waals surface area contributed by atoms with Crippen LogP contribution < -0.4 is 11.1 Å². The van der Waals surface area contributed by atoms with E-state index in [1.807, 2.05) is 37.3 Å². The Kier molecular flexibility index (Phi) is 9.53. The van der Waals surface area contributed by atoms with Crippen molar-refractivity contribution in [3.63, 3.8) is 0 Å². The van der Waals surface area contributed by atoms with Gasteiger partial charge in [-0.25, -0.2) is 0 Å². The van der Waals surface area contributed by atoms with Crippen LogP contribution >= 0.6 is 24.0 Å². The van der Waals surface area contributed by atoms with Gasteiger partial charge in [-0.1, -0.05) is 48.0 Å². The van der Waals surface area contributed by atoms with Crippen LogP contribution in [-0.4, -0.2) is 37.0 Å². The zero-order valence-corrected chi connectivity index (χ0v) is 15.9. The predicted octanol–water partition coefficient (Wildman–Crippen LogP) is 3.51. The number of carbonyl (C=O) groups excluding carboxylic acids is 1. The van der Waals surface area contributed by atoms with Gasteiger partial charge in [0.05, 0.1) is 6.54 Å². The number of nitrogens with two attached hydrogens (primary N) is 1. The molecule has 0 saturated carbocycles. The molecule has 1 amide bonds. The molecular weight excluding hydrogens is 357 g/mol. The lowest BCUT2D eigenvalue weighted by Crippen LogP contribution is -2.38. The Hall–Kier alpha value is -1.59. The lowest BCUT2D eigenvalue weighted by atomic mass is 10.1. The number of amides is 1. The van der Waals surface area contributed by atoms with Gasteiger partial charge in [-0.05, 0) is 36.6 Å². The molecule has 136 valence electrons.